The lowest BCUT2D eigenvalue weighted by molar-refractivity contribution is 0.220. The van der Waals surface area contributed by atoms with Crippen molar-refractivity contribution in [2.24, 2.45) is 10.4 Å². The van der Waals surface area contributed by atoms with E-state index >= 15 is 0 Å². The van der Waals surface area contributed by atoms with Crippen LogP contribution in [0.15, 0.2) is 28.9 Å². The van der Waals surface area contributed by atoms with Gasteiger partial charge in [0.2, 0.25) is 0 Å². The first-order valence-corrected chi connectivity index (χ1v) is 4.26. The summed E-state index contributed by atoms with van der Waals surface area (Å²) in [5.74, 6) is 0. The van der Waals surface area contributed by atoms with Crippen LogP contribution in [0.25, 0.3) is 0 Å². The Balaban J connectivity index is 2.46. The molecule has 0 aromatic rings. The first-order valence-electron chi connectivity index (χ1n) is 4.26. The van der Waals surface area contributed by atoms with Crippen LogP contribution in [-0.4, -0.2) is 11.9 Å². The zero-order valence-electron chi connectivity index (χ0n) is 7.76. The van der Waals surface area contributed by atoms with Crippen LogP contribution in [0.2, 0.25) is 0 Å². The molecule has 0 saturated heterocycles. The van der Waals surface area contributed by atoms with E-state index in [2.05, 4.69) is 43.2 Å². The van der Waals surface area contributed by atoms with Crippen LogP contribution >= 0.6 is 0 Å². The minimum absolute atomic E-state index is 0.120. The van der Waals surface area contributed by atoms with Gasteiger partial charge in [0.05, 0.1) is 0 Å². The number of aliphatic imine (C=N–C) groups is 1. The van der Waals surface area contributed by atoms with Crippen molar-refractivity contribution in [1.82, 2.24) is 5.32 Å². The van der Waals surface area contributed by atoms with Gasteiger partial charge in [-0.25, -0.2) is 0 Å². The van der Waals surface area contributed by atoms with E-state index in [1.54, 1.807) is 0 Å². The summed E-state index contributed by atoms with van der Waals surface area (Å²) in [6.07, 6.45) is 8.03. The lowest BCUT2D eigenvalue weighted by Gasteiger charge is -2.38. The van der Waals surface area contributed by atoms with E-state index in [0.717, 1.165) is 0 Å². The Bertz CT molecular complexity index is 291. The third kappa shape index (κ3) is 0.724. The average molecular weight is 162 g/mol. The molecule has 1 atom stereocenters. The Labute approximate surface area is 73.1 Å². The molecule has 2 aliphatic rings. The molecule has 0 aromatic heterocycles. The van der Waals surface area contributed by atoms with Crippen molar-refractivity contribution >= 4 is 6.21 Å². The summed E-state index contributed by atoms with van der Waals surface area (Å²) >= 11 is 0. The number of nitrogens with one attached hydrogen (secondary N) is 1. The van der Waals surface area contributed by atoms with Gasteiger partial charge >= 0.3 is 0 Å². The molecule has 12 heavy (non-hydrogen) atoms. The Hall–Kier alpha value is -1.05. The largest absolute Gasteiger partial charge is 0.363 e. The Morgan fingerprint density at radius 2 is 2.17 bits per heavy atom. The predicted octanol–water partition coefficient (Wildman–Crippen LogP) is 1.86. The first-order chi connectivity index (χ1) is 5.56. The van der Waals surface area contributed by atoms with Gasteiger partial charge in [-0.1, -0.05) is 20.8 Å². The summed E-state index contributed by atoms with van der Waals surface area (Å²) in [5.41, 5.74) is 1.21. The molecule has 0 amide bonds. The van der Waals surface area contributed by atoms with Crippen molar-refractivity contribution in [2.45, 2.75) is 26.4 Å². The molecule has 2 aliphatic heterocycles. The molecule has 0 aliphatic carbocycles. The van der Waals surface area contributed by atoms with Gasteiger partial charge in [-0.15, -0.1) is 0 Å². The third-order valence-corrected chi connectivity index (χ3v) is 2.58. The lowest BCUT2D eigenvalue weighted by Crippen LogP contribution is -2.48. The molecule has 2 heterocycles. The first kappa shape index (κ1) is 7.59. The van der Waals surface area contributed by atoms with Crippen LogP contribution in [0.5, 0.6) is 0 Å². The summed E-state index contributed by atoms with van der Waals surface area (Å²) in [5, 5.41) is 3.33. The van der Waals surface area contributed by atoms with Crippen LogP contribution in [0, 0.1) is 5.41 Å². The maximum atomic E-state index is 4.51. The van der Waals surface area contributed by atoms with Gasteiger partial charge in [0.25, 0.3) is 0 Å². The number of allylic oxidation sites excluding steroid dienone is 1. The van der Waals surface area contributed by atoms with Crippen molar-refractivity contribution < 1.29 is 0 Å². The zero-order chi connectivity index (χ0) is 8.82. The summed E-state index contributed by atoms with van der Waals surface area (Å²) < 4.78 is 0. The maximum absolute atomic E-state index is 4.51. The standard InChI is InChI=1S/C10H14N2/c1-9(2,3)10-8(4-6-11-10)5-7-12-10/h4-7,11H,1-3H3. The monoisotopic (exact) mass is 162 g/mol. The van der Waals surface area contributed by atoms with E-state index in [1.807, 2.05) is 12.4 Å². The molecule has 0 bridgehead atoms. The molecule has 64 valence electrons. The fourth-order valence-electron chi connectivity index (χ4n) is 1.82. The molecule has 2 heteroatoms. The molecule has 0 saturated carbocycles. The Morgan fingerprint density at radius 3 is 2.75 bits per heavy atom. The Kier molecular flexibility index (Phi) is 1.27. The van der Waals surface area contributed by atoms with Gasteiger partial charge in [0, 0.05) is 17.2 Å². The van der Waals surface area contributed by atoms with E-state index < -0.39 is 0 Å². The SMILES string of the molecule is CC(C)(C)C12N=CC=C1C=CN2. The average Bonchev–Trinajstić information content (AvgIpc) is 2.37. The van der Waals surface area contributed by atoms with Crippen molar-refractivity contribution in [1.29, 1.82) is 0 Å². The molecule has 2 nitrogen and oxygen atoms in total. The van der Waals surface area contributed by atoms with Gasteiger partial charge in [-0.05, 0) is 18.4 Å². The summed E-state index contributed by atoms with van der Waals surface area (Å²) in [7, 11) is 0. The molecule has 0 radical (unpaired) electrons. The van der Waals surface area contributed by atoms with Crippen LogP contribution < -0.4 is 5.32 Å². The van der Waals surface area contributed by atoms with Crippen LogP contribution in [0.3, 0.4) is 0 Å². The minimum Gasteiger partial charge on any atom is -0.363 e. The minimum atomic E-state index is -0.188. The molecule has 0 fully saturated rings. The molecule has 1 N–H and O–H groups in total. The molecule has 0 spiro atoms. The molecule has 0 aromatic carbocycles. The highest BCUT2D eigenvalue weighted by Gasteiger charge is 2.46. The van der Waals surface area contributed by atoms with E-state index in [4.69, 9.17) is 0 Å². The van der Waals surface area contributed by atoms with Crippen LogP contribution in [-0.2, 0) is 0 Å². The van der Waals surface area contributed by atoms with Gasteiger partial charge in [-0.3, -0.25) is 4.99 Å². The van der Waals surface area contributed by atoms with Gasteiger partial charge in [0.15, 0.2) is 5.66 Å². The Morgan fingerprint density at radius 1 is 1.42 bits per heavy atom. The molecule has 2 rings (SSSR count). The van der Waals surface area contributed by atoms with Gasteiger partial charge in [0.1, 0.15) is 0 Å². The van der Waals surface area contributed by atoms with E-state index in [9.17, 15) is 0 Å². The van der Waals surface area contributed by atoms with Crippen molar-refractivity contribution in [3.63, 3.8) is 0 Å². The van der Waals surface area contributed by atoms with E-state index in [1.165, 1.54) is 5.57 Å². The third-order valence-electron chi connectivity index (χ3n) is 2.58. The number of rotatable bonds is 0. The second kappa shape index (κ2) is 2.00. The highest BCUT2D eigenvalue weighted by molar-refractivity contribution is 5.79. The van der Waals surface area contributed by atoms with Crippen molar-refractivity contribution in [3.05, 3.63) is 23.9 Å². The predicted molar refractivity (Wildman–Crippen MR) is 51.0 cm³/mol. The number of fused-ring (bicyclic) bond motifs is 1. The summed E-state index contributed by atoms with van der Waals surface area (Å²) in [4.78, 5) is 4.51. The second-order valence-electron chi connectivity index (χ2n) is 4.34. The number of hydrogen-bond acceptors (Lipinski definition) is 2. The smallest absolute Gasteiger partial charge is 0.160 e. The highest BCUT2D eigenvalue weighted by Crippen LogP contribution is 2.42. The summed E-state index contributed by atoms with van der Waals surface area (Å²) in [6, 6.07) is 0. The summed E-state index contributed by atoms with van der Waals surface area (Å²) in [6.45, 7) is 6.59. The second-order valence-corrected chi connectivity index (χ2v) is 4.34. The van der Waals surface area contributed by atoms with Crippen molar-refractivity contribution in [3.8, 4) is 0 Å². The molecular formula is C10H14N2. The van der Waals surface area contributed by atoms with Gasteiger partial charge < -0.3 is 5.32 Å². The maximum Gasteiger partial charge on any atom is 0.160 e. The van der Waals surface area contributed by atoms with Crippen molar-refractivity contribution in [2.75, 3.05) is 0 Å². The van der Waals surface area contributed by atoms with E-state index in [-0.39, 0.29) is 11.1 Å². The number of nitrogens with zero attached hydrogens (tertiary/aromatic N) is 1. The zero-order valence-corrected chi connectivity index (χ0v) is 7.76. The molecular weight excluding hydrogens is 148 g/mol. The fraction of sp³-hybridized carbons (Fsp3) is 0.500. The number of hydrogen-bond donors (Lipinski definition) is 1. The quantitative estimate of drug-likeness (QED) is 0.577. The molecule has 1 unspecified atom stereocenters. The van der Waals surface area contributed by atoms with Crippen LogP contribution in [0.1, 0.15) is 20.8 Å². The van der Waals surface area contributed by atoms with E-state index in [0.29, 0.717) is 0 Å². The highest BCUT2D eigenvalue weighted by atomic mass is 15.2. The normalized spacial score (nSPS) is 31.8. The van der Waals surface area contributed by atoms with Gasteiger partial charge in [-0.2, -0.15) is 0 Å². The lowest BCUT2D eigenvalue weighted by atomic mass is 9.78. The van der Waals surface area contributed by atoms with Crippen LogP contribution in [0.4, 0.5) is 0 Å². The topological polar surface area (TPSA) is 24.4 Å². The fourth-order valence-corrected chi connectivity index (χ4v) is 1.82.